The number of hydrogen-bond donors (Lipinski definition) is 0. The number of halogens is 3. The second-order valence-corrected chi connectivity index (χ2v) is 6.79. The Bertz CT molecular complexity index is 1290. The van der Waals surface area contributed by atoms with E-state index in [9.17, 15) is 22.8 Å². The molecule has 0 aliphatic heterocycles. The fourth-order valence-electron chi connectivity index (χ4n) is 3.23. The number of esters is 1. The van der Waals surface area contributed by atoms with Gasteiger partial charge in [0.25, 0.3) is 0 Å². The molecule has 0 fully saturated rings. The van der Waals surface area contributed by atoms with Crippen molar-refractivity contribution in [1.29, 1.82) is 0 Å². The van der Waals surface area contributed by atoms with Crippen LogP contribution in [0.4, 0.5) is 13.2 Å². The first kappa shape index (κ1) is 20.4. The van der Waals surface area contributed by atoms with Crippen LogP contribution in [0.3, 0.4) is 0 Å². The highest BCUT2D eigenvalue weighted by molar-refractivity contribution is 5.85. The quantitative estimate of drug-likeness (QED) is 0.315. The molecule has 1 aromatic heterocycles. The molecule has 0 aliphatic carbocycles. The number of hydrogen-bond acceptors (Lipinski definition) is 4. The lowest BCUT2D eigenvalue weighted by Crippen LogP contribution is -2.16. The highest BCUT2D eigenvalue weighted by atomic mass is 19.4. The molecule has 7 heteroatoms. The third kappa shape index (κ3) is 4.35. The van der Waals surface area contributed by atoms with Crippen molar-refractivity contribution in [3.8, 4) is 16.9 Å². The average Bonchev–Trinajstić information content (AvgIpc) is 2.74. The molecule has 0 bridgehead atoms. The van der Waals surface area contributed by atoms with Crippen molar-refractivity contribution in [2.45, 2.75) is 12.6 Å². The van der Waals surface area contributed by atoms with E-state index in [2.05, 4.69) is 0 Å². The van der Waals surface area contributed by atoms with E-state index in [0.717, 1.165) is 11.6 Å². The van der Waals surface area contributed by atoms with Crippen LogP contribution in [0.25, 0.3) is 22.1 Å². The number of carbonyl (C=O) groups excluding carboxylic acids is 1. The molecule has 0 saturated carbocycles. The van der Waals surface area contributed by atoms with Gasteiger partial charge in [-0.2, -0.15) is 13.2 Å². The van der Waals surface area contributed by atoms with Crippen LogP contribution < -0.4 is 10.2 Å². The topological polar surface area (TPSA) is 56.5 Å². The van der Waals surface area contributed by atoms with E-state index >= 15 is 0 Å². The van der Waals surface area contributed by atoms with Gasteiger partial charge in [0.05, 0.1) is 17.4 Å². The standard InChI is InChI=1S/C24H15F3O4/c25-24(26,27)23-21(16-9-5-2-6-10-16)22(29)18-12-11-17(14-19(18)31-23)30-20(28)13-15-7-3-1-4-8-15/h1-12,14H,13H2. The van der Waals surface area contributed by atoms with Gasteiger partial charge >= 0.3 is 12.1 Å². The number of alkyl halides is 3. The van der Waals surface area contributed by atoms with Crippen LogP contribution in [-0.2, 0) is 17.4 Å². The minimum absolute atomic E-state index is 0.0103. The minimum atomic E-state index is -4.89. The molecule has 0 atom stereocenters. The Morgan fingerprint density at radius 1 is 0.903 bits per heavy atom. The Morgan fingerprint density at radius 2 is 1.55 bits per heavy atom. The minimum Gasteiger partial charge on any atom is -0.450 e. The van der Waals surface area contributed by atoms with Crippen LogP contribution in [0.5, 0.6) is 5.75 Å². The SMILES string of the molecule is O=C(Cc1ccccc1)Oc1ccc2c(=O)c(-c3ccccc3)c(C(F)(F)F)oc2c1. The molecule has 4 aromatic rings. The fourth-order valence-corrected chi connectivity index (χ4v) is 3.23. The molecule has 1 heterocycles. The number of fused-ring (bicyclic) bond motifs is 1. The van der Waals surface area contributed by atoms with E-state index in [0.29, 0.717) is 0 Å². The summed E-state index contributed by atoms with van der Waals surface area (Å²) in [4.78, 5) is 25.1. The zero-order valence-electron chi connectivity index (χ0n) is 16.0. The van der Waals surface area contributed by atoms with Crippen LogP contribution in [0, 0.1) is 0 Å². The summed E-state index contributed by atoms with van der Waals surface area (Å²) in [6.45, 7) is 0. The third-order valence-electron chi connectivity index (χ3n) is 4.61. The molecule has 0 radical (unpaired) electrons. The van der Waals surface area contributed by atoms with E-state index in [4.69, 9.17) is 9.15 Å². The zero-order chi connectivity index (χ0) is 22.0. The van der Waals surface area contributed by atoms with E-state index in [1.165, 1.54) is 36.4 Å². The van der Waals surface area contributed by atoms with Gasteiger partial charge in [-0.05, 0) is 23.3 Å². The van der Waals surface area contributed by atoms with Crippen molar-refractivity contribution in [3.63, 3.8) is 0 Å². The first-order chi connectivity index (χ1) is 14.8. The molecule has 0 spiro atoms. The van der Waals surface area contributed by atoms with Gasteiger partial charge in [-0.3, -0.25) is 9.59 Å². The van der Waals surface area contributed by atoms with Crippen LogP contribution in [0.1, 0.15) is 11.3 Å². The first-order valence-corrected chi connectivity index (χ1v) is 9.31. The highest BCUT2D eigenvalue weighted by Gasteiger charge is 2.39. The number of benzene rings is 3. The molecule has 0 aliphatic rings. The van der Waals surface area contributed by atoms with Crippen molar-refractivity contribution in [2.75, 3.05) is 0 Å². The molecule has 4 rings (SSSR count). The molecule has 3 aromatic carbocycles. The molecule has 0 unspecified atom stereocenters. The van der Waals surface area contributed by atoms with Gasteiger partial charge in [-0.25, -0.2) is 0 Å². The molecular formula is C24H15F3O4. The number of ether oxygens (including phenoxy) is 1. The Hall–Kier alpha value is -3.87. The Labute approximate surface area is 174 Å². The van der Waals surface area contributed by atoms with E-state index < -0.39 is 28.9 Å². The molecule has 0 N–H and O–H groups in total. The summed E-state index contributed by atoms with van der Waals surface area (Å²) < 4.78 is 51.4. The summed E-state index contributed by atoms with van der Waals surface area (Å²) in [6, 6.07) is 20.1. The van der Waals surface area contributed by atoms with Crippen LogP contribution in [-0.4, -0.2) is 5.97 Å². The van der Waals surface area contributed by atoms with Crippen molar-refractivity contribution in [1.82, 2.24) is 0 Å². The molecule has 4 nitrogen and oxygen atoms in total. The Kier molecular flexibility index (Phi) is 5.33. The van der Waals surface area contributed by atoms with Crippen LogP contribution in [0.2, 0.25) is 0 Å². The predicted octanol–water partition coefficient (Wildman–Crippen LogP) is 5.63. The van der Waals surface area contributed by atoms with Gasteiger partial charge in [0.15, 0.2) is 0 Å². The second kappa shape index (κ2) is 8.10. The normalized spacial score (nSPS) is 11.5. The van der Waals surface area contributed by atoms with Crippen molar-refractivity contribution < 1.29 is 27.1 Å². The van der Waals surface area contributed by atoms with Gasteiger partial charge in [-0.1, -0.05) is 60.7 Å². The lowest BCUT2D eigenvalue weighted by atomic mass is 10.0. The second-order valence-electron chi connectivity index (χ2n) is 6.79. The molecule has 156 valence electrons. The number of carbonyl (C=O) groups is 1. The summed E-state index contributed by atoms with van der Waals surface area (Å²) in [7, 11) is 0. The van der Waals surface area contributed by atoms with Crippen molar-refractivity contribution in [2.24, 2.45) is 0 Å². The van der Waals surface area contributed by atoms with Gasteiger partial charge in [0.2, 0.25) is 11.2 Å². The van der Waals surface area contributed by atoms with E-state index in [1.807, 2.05) is 6.07 Å². The smallest absolute Gasteiger partial charge is 0.450 e. The summed E-state index contributed by atoms with van der Waals surface area (Å²) in [5, 5.41) is -0.0466. The van der Waals surface area contributed by atoms with Crippen molar-refractivity contribution >= 4 is 16.9 Å². The summed E-state index contributed by atoms with van der Waals surface area (Å²) in [6.07, 6.45) is -4.90. The lowest BCUT2D eigenvalue weighted by molar-refractivity contribution is -0.152. The summed E-state index contributed by atoms with van der Waals surface area (Å²) >= 11 is 0. The van der Waals surface area contributed by atoms with Crippen molar-refractivity contribution in [3.05, 3.63) is 100 Å². The van der Waals surface area contributed by atoms with E-state index in [-0.39, 0.29) is 28.7 Å². The lowest BCUT2D eigenvalue weighted by Gasteiger charge is -2.13. The zero-order valence-corrected chi connectivity index (χ0v) is 16.0. The first-order valence-electron chi connectivity index (χ1n) is 9.31. The Balaban J connectivity index is 1.75. The number of rotatable bonds is 4. The maximum absolute atomic E-state index is 13.7. The summed E-state index contributed by atoms with van der Waals surface area (Å²) in [5.74, 6) is -2.01. The third-order valence-corrected chi connectivity index (χ3v) is 4.61. The summed E-state index contributed by atoms with van der Waals surface area (Å²) in [5.41, 5.74) is -0.867. The monoisotopic (exact) mass is 424 g/mol. The molecule has 31 heavy (non-hydrogen) atoms. The maximum Gasteiger partial charge on any atom is 0.450 e. The predicted molar refractivity (Wildman–Crippen MR) is 109 cm³/mol. The molecule has 0 saturated heterocycles. The molecular weight excluding hydrogens is 409 g/mol. The maximum atomic E-state index is 13.7. The van der Waals surface area contributed by atoms with Gasteiger partial charge in [0.1, 0.15) is 11.3 Å². The van der Waals surface area contributed by atoms with Gasteiger partial charge in [0, 0.05) is 6.07 Å². The average molecular weight is 424 g/mol. The fraction of sp³-hybridized carbons (Fsp3) is 0.0833. The largest absolute Gasteiger partial charge is 0.450 e. The van der Waals surface area contributed by atoms with Crippen LogP contribution in [0.15, 0.2) is 88.1 Å². The van der Waals surface area contributed by atoms with Crippen LogP contribution >= 0.6 is 0 Å². The van der Waals surface area contributed by atoms with E-state index in [1.54, 1.807) is 30.3 Å². The molecule has 0 amide bonds. The Morgan fingerprint density at radius 3 is 2.19 bits per heavy atom. The van der Waals surface area contributed by atoms with Gasteiger partial charge < -0.3 is 9.15 Å². The highest BCUT2D eigenvalue weighted by Crippen LogP contribution is 2.37. The van der Waals surface area contributed by atoms with Gasteiger partial charge in [-0.15, -0.1) is 0 Å².